The third-order valence-electron chi connectivity index (χ3n) is 4.09. The van der Waals surface area contributed by atoms with E-state index in [1.54, 1.807) is 12.1 Å². The van der Waals surface area contributed by atoms with E-state index in [1.165, 1.54) is 42.5 Å². The van der Waals surface area contributed by atoms with Crippen LogP contribution in [0.1, 0.15) is 5.56 Å². The van der Waals surface area contributed by atoms with Crippen molar-refractivity contribution in [3.8, 4) is 5.75 Å². The van der Waals surface area contributed by atoms with Crippen LogP contribution in [0.25, 0.3) is 0 Å². The van der Waals surface area contributed by atoms with Crippen molar-refractivity contribution >= 4 is 52.2 Å². The molecule has 2 aliphatic rings. The molecule has 0 bridgehead atoms. The number of benzene rings is 1. The molecule has 1 aromatic carbocycles. The van der Waals surface area contributed by atoms with Crippen LogP contribution in [-0.2, 0) is 9.59 Å². The summed E-state index contributed by atoms with van der Waals surface area (Å²) in [7, 11) is 2.88. The van der Waals surface area contributed by atoms with Gasteiger partial charge in [0.2, 0.25) is 0 Å². The molecule has 2 heterocycles. The minimum atomic E-state index is -0.842. The summed E-state index contributed by atoms with van der Waals surface area (Å²) in [5.74, 6) is -0.932. The van der Waals surface area contributed by atoms with E-state index in [9.17, 15) is 19.5 Å². The molecule has 10 nitrogen and oxygen atoms in total. The summed E-state index contributed by atoms with van der Waals surface area (Å²) in [6.07, 6.45) is 2.58. The monoisotopic (exact) mass is 434 g/mol. The van der Waals surface area contributed by atoms with Crippen LogP contribution < -0.4 is 15.2 Å². The molecule has 140 valence electrons. The van der Waals surface area contributed by atoms with E-state index in [-0.39, 0.29) is 18.1 Å². The van der Waals surface area contributed by atoms with Gasteiger partial charge in [-0.2, -0.15) is 10.0 Å². The van der Waals surface area contributed by atoms with Crippen molar-refractivity contribution in [2.75, 3.05) is 20.6 Å². The van der Waals surface area contributed by atoms with Gasteiger partial charge in [-0.3, -0.25) is 19.4 Å². The number of fused-ring (bicyclic) bond motifs is 1. The molecule has 1 fully saturated rings. The molecule has 1 aromatic rings. The maximum atomic E-state index is 12.4. The van der Waals surface area contributed by atoms with E-state index in [2.05, 4.69) is 31.1 Å². The Hall–Kier alpha value is -3.17. The number of hydrogen-bond donors (Lipinski definition) is 1. The quantitative estimate of drug-likeness (QED) is 0.357. The van der Waals surface area contributed by atoms with E-state index >= 15 is 0 Å². The van der Waals surface area contributed by atoms with Crippen LogP contribution >= 0.6 is 15.9 Å². The molecule has 1 atom stereocenters. The highest BCUT2D eigenvalue weighted by Crippen LogP contribution is 2.18. The number of amidine groups is 1. The first-order valence-corrected chi connectivity index (χ1v) is 8.59. The number of amides is 4. The molecule has 1 N–H and O–H groups in total. The van der Waals surface area contributed by atoms with Gasteiger partial charge >= 0.3 is 11.9 Å². The van der Waals surface area contributed by atoms with E-state index in [0.29, 0.717) is 10.0 Å². The maximum Gasteiger partial charge on any atom is 0.389 e. The summed E-state index contributed by atoms with van der Waals surface area (Å²) < 4.78 is 4.78. The van der Waals surface area contributed by atoms with Gasteiger partial charge in [-0.05, 0) is 17.7 Å². The Balaban J connectivity index is 1.63. The molecule has 0 radical (unpaired) electrons. The summed E-state index contributed by atoms with van der Waals surface area (Å²) >= 11 is 3.25. The molecule has 4 amide bonds. The lowest BCUT2D eigenvalue weighted by Gasteiger charge is -2.29. The molecular weight excluding hydrogens is 420 g/mol. The average Bonchev–Trinajstić information content (AvgIpc) is 3.04. The summed E-state index contributed by atoms with van der Waals surface area (Å²) in [5, 5.41) is 15.4. The predicted octanol–water partition coefficient (Wildman–Crippen LogP) is -1.33. The summed E-state index contributed by atoms with van der Waals surface area (Å²) in [5.41, 5.74) is 2.62. The van der Waals surface area contributed by atoms with Crippen molar-refractivity contribution in [1.82, 2.24) is 24.8 Å². The molecule has 1 saturated heterocycles. The Bertz CT molecular complexity index is 923. The predicted molar refractivity (Wildman–Crippen MR) is 99.0 cm³/mol. The van der Waals surface area contributed by atoms with E-state index < -0.39 is 23.9 Å². The number of urea groups is 1. The van der Waals surface area contributed by atoms with Gasteiger partial charge in [0.1, 0.15) is 6.54 Å². The van der Waals surface area contributed by atoms with Crippen LogP contribution in [0.15, 0.2) is 27.8 Å². The van der Waals surface area contributed by atoms with E-state index in [0.717, 1.165) is 4.90 Å². The third-order valence-corrected chi connectivity index (χ3v) is 4.58. The highest BCUT2D eigenvalue weighted by atomic mass is 79.9. The fourth-order valence-electron chi connectivity index (χ4n) is 2.67. The Morgan fingerprint density at radius 2 is 2.11 bits per heavy atom. The zero-order valence-corrected chi connectivity index (χ0v) is 16.0. The molecule has 2 aliphatic heterocycles. The van der Waals surface area contributed by atoms with Gasteiger partial charge in [-0.15, -0.1) is 0 Å². The van der Waals surface area contributed by atoms with Crippen LogP contribution in [-0.4, -0.2) is 77.6 Å². The zero-order valence-electron chi connectivity index (χ0n) is 14.4. The van der Waals surface area contributed by atoms with Gasteiger partial charge in [0.05, 0.1) is 13.3 Å². The number of hydrogen-bond acceptors (Lipinski definition) is 6. The second-order valence-electron chi connectivity index (χ2n) is 5.89. The molecule has 1 unspecified atom stereocenters. The molecule has 27 heavy (non-hydrogen) atoms. The minimum absolute atomic E-state index is 0.195. The lowest BCUT2D eigenvalue weighted by atomic mass is 10.1. The SMILES string of the molecule is CN1C(=O)C2C(=[N+]=CN2CC(=O)N/N=C/c2cc(Br)ccc2[O-])N(C)C1=O. The van der Waals surface area contributed by atoms with E-state index in [1.807, 2.05) is 0 Å². The number of hydrazone groups is 1. The Kier molecular flexibility index (Phi) is 4.98. The summed E-state index contributed by atoms with van der Waals surface area (Å²) in [4.78, 5) is 40.1. The van der Waals surface area contributed by atoms with Gasteiger partial charge < -0.3 is 5.11 Å². The standard InChI is InChI=1S/C16H15BrN6O4/c1-21-14-13(15(26)22(2)16(21)27)23(8-18-14)7-12(25)20-19-6-9-5-10(17)3-4-11(9)24/h3-6,8,13H,7H2,1-2H3,(H-,19,20,24,25). The van der Waals surface area contributed by atoms with Crippen molar-refractivity contribution in [1.29, 1.82) is 0 Å². The van der Waals surface area contributed by atoms with Gasteiger partial charge in [0, 0.05) is 11.5 Å². The average molecular weight is 435 g/mol. The maximum absolute atomic E-state index is 12.4. The second kappa shape index (κ2) is 7.22. The number of rotatable bonds is 4. The number of imide groups is 1. The van der Waals surface area contributed by atoms with E-state index in [4.69, 9.17) is 0 Å². The first-order valence-electron chi connectivity index (χ1n) is 7.80. The van der Waals surface area contributed by atoms with Crippen molar-refractivity contribution < 1.29 is 19.5 Å². The largest absolute Gasteiger partial charge is 0.872 e. The number of carbonyl (C=O) groups excluding carboxylic acids is 3. The zero-order chi connectivity index (χ0) is 19.7. The number of halogens is 1. The fourth-order valence-corrected chi connectivity index (χ4v) is 3.05. The number of likely N-dealkylation sites (N-methyl/N-ethyl adjacent to an activating group) is 2. The molecule has 0 spiro atoms. The lowest BCUT2D eigenvalue weighted by Crippen LogP contribution is -2.63. The Morgan fingerprint density at radius 1 is 1.37 bits per heavy atom. The first kappa shape index (κ1) is 18.6. The van der Waals surface area contributed by atoms with Gasteiger partial charge in [-0.1, -0.05) is 27.7 Å². The normalized spacial score (nSPS) is 19.0. The van der Waals surface area contributed by atoms with Crippen molar-refractivity contribution in [2.45, 2.75) is 6.04 Å². The van der Waals surface area contributed by atoms with Gasteiger partial charge in [-0.25, -0.2) is 14.9 Å². The first-order chi connectivity index (χ1) is 12.8. The van der Waals surface area contributed by atoms with Gasteiger partial charge in [0.25, 0.3) is 24.2 Å². The van der Waals surface area contributed by atoms with Crippen LogP contribution in [0, 0.1) is 0 Å². The number of nitrogens with zero attached hydrogens (tertiary/aromatic N) is 5. The molecule has 11 heteroatoms. The molecule has 0 saturated carbocycles. The van der Waals surface area contributed by atoms with Crippen molar-refractivity contribution in [3.05, 3.63) is 28.2 Å². The second-order valence-corrected chi connectivity index (χ2v) is 6.81. The lowest BCUT2D eigenvalue weighted by molar-refractivity contribution is -0.268. The van der Waals surface area contributed by atoms with Gasteiger partial charge in [0.15, 0.2) is 0 Å². The molecule has 3 rings (SSSR count). The minimum Gasteiger partial charge on any atom is -0.872 e. The molecule has 0 aromatic heterocycles. The Morgan fingerprint density at radius 3 is 2.85 bits per heavy atom. The topological polar surface area (TPSA) is 122 Å². The molecule has 0 aliphatic carbocycles. The van der Waals surface area contributed by atoms with Crippen molar-refractivity contribution in [2.24, 2.45) is 5.10 Å². The fraction of sp³-hybridized carbons (Fsp3) is 0.250. The van der Waals surface area contributed by atoms with Crippen LogP contribution in [0.2, 0.25) is 0 Å². The Labute approximate surface area is 162 Å². The van der Waals surface area contributed by atoms with Crippen molar-refractivity contribution in [3.63, 3.8) is 0 Å². The number of nitrogens with one attached hydrogen (secondary N) is 1. The highest BCUT2D eigenvalue weighted by molar-refractivity contribution is 9.10. The smallest absolute Gasteiger partial charge is 0.389 e. The molecular formula is C16H15BrN6O4. The summed E-state index contributed by atoms with van der Waals surface area (Å²) in [6.45, 7) is -0.195. The van der Waals surface area contributed by atoms with Crippen LogP contribution in [0.3, 0.4) is 0 Å². The highest BCUT2D eigenvalue weighted by Gasteiger charge is 2.53. The van der Waals surface area contributed by atoms with Crippen LogP contribution in [0.4, 0.5) is 4.79 Å². The summed E-state index contributed by atoms with van der Waals surface area (Å²) in [6, 6.07) is 3.25. The number of carbonyl (C=O) groups is 3. The van der Waals surface area contributed by atoms with Crippen LogP contribution in [0.5, 0.6) is 5.75 Å². The third kappa shape index (κ3) is 3.55.